The van der Waals surface area contributed by atoms with Gasteiger partial charge in [-0.1, -0.05) is 6.92 Å². The lowest BCUT2D eigenvalue weighted by Crippen LogP contribution is -2.38. The maximum Gasteiger partial charge on any atom is 0.434 e. The average Bonchev–Trinajstić information content (AvgIpc) is 3.23. The molecule has 5 nitrogen and oxygen atoms in total. The van der Waals surface area contributed by atoms with E-state index >= 15 is 0 Å². The van der Waals surface area contributed by atoms with Gasteiger partial charge in [0.2, 0.25) is 0 Å². The van der Waals surface area contributed by atoms with E-state index in [0.29, 0.717) is 37.0 Å². The van der Waals surface area contributed by atoms with Crippen LogP contribution in [0.3, 0.4) is 0 Å². The Morgan fingerprint density at radius 1 is 1.19 bits per heavy atom. The quantitative estimate of drug-likeness (QED) is 0.521. The summed E-state index contributed by atoms with van der Waals surface area (Å²) in [4.78, 5) is 13.6. The summed E-state index contributed by atoms with van der Waals surface area (Å²) in [5, 5.41) is 8.90. The molecule has 0 unspecified atom stereocenters. The van der Waals surface area contributed by atoms with Crippen molar-refractivity contribution in [3.05, 3.63) is 32.2 Å². The van der Waals surface area contributed by atoms with Gasteiger partial charge in [-0.2, -0.15) is 13.2 Å². The van der Waals surface area contributed by atoms with Crippen LogP contribution in [0.5, 0.6) is 0 Å². The lowest BCUT2D eigenvalue weighted by atomic mass is 10.4. The molecule has 0 aliphatic rings. The van der Waals surface area contributed by atoms with Crippen LogP contribution < -0.4 is 10.6 Å². The molecule has 2 aromatic heterocycles. The van der Waals surface area contributed by atoms with Gasteiger partial charge in [-0.15, -0.1) is 22.7 Å². The minimum Gasteiger partial charge on any atom is -0.357 e. The summed E-state index contributed by atoms with van der Waals surface area (Å²) in [5.41, 5.74) is -0.832. The van der Waals surface area contributed by atoms with E-state index in [4.69, 9.17) is 0 Å². The van der Waals surface area contributed by atoms with Gasteiger partial charge < -0.3 is 10.6 Å². The van der Waals surface area contributed by atoms with Gasteiger partial charge >= 0.3 is 6.18 Å². The Morgan fingerprint density at radius 3 is 2.62 bits per heavy atom. The Hall–Kier alpha value is -1.68. The van der Waals surface area contributed by atoms with Gasteiger partial charge in [0.25, 0.3) is 0 Å². The first-order valence-corrected chi connectivity index (χ1v) is 10.1. The van der Waals surface area contributed by atoms with E-state index in [9.17, 15) is 13.2 Å². The fourth-order valence-corrected chi connectivity index (χ4v) is 3.73. The lowest BCUT2D eigenvalue weighted by molar-refractivity contribution is -0.140. The number of aryl methyl sites for hydroxylation is 1. The molecule has 0 aromatic carbocycles. The van der Waals surface area contributed by atoms with Crippen LogP contribution in [0.15, 0.2) is 16.6 Å². The van der Waals surface area contributed by atoms with Gasteiger partial charge in [0, 0.05) is 48.9 Å². The Kier molecular flexibility index (Phi) is 7.83. The molecule has 26 heavy (non-hydrogen) atoms. The third kappa shape index (κ3) is 6.56. The number of halogens is 3. The van der Waals surface area contributed by atoms with E-state index < -0.39 is 11.9 Å². The van der Waals surface area contributed by atoms with Crippen LogP contribution in [-0.2, 0) is 25.4 Å². The van der Waals surface area contributed by atoms with Crippen molar-refractivity contribution in [2.45, 2.75) is 39.3 Å². The van der Waals surface area contributed by atoms with Crippen molar-refractivity contribution in [3.63, 3.8) is 0 Å². The molecule has 0 aliphatic carbocycles. The molecule has 0 saturated carbocycles. The van der Waals surface area contributed by atoms with Gasteiger partial charge in [0.05, 0.1) is 10.0 Å². The minimum atomic E-state index is -4.39. The second-order valence-corrected chi connectivity index (χ2v) is 7.53. The largest absolute Gasteiger partial charge is 0.434 e. The highest BCUT2D eigenvalue weighted by Crippen LogP contribution is 2.30. The summed E-state index contributed by atoms with van der Waals surface area (Å²) in [6, 6.07) is 0. The summed E-state index contributed by atoms with van der Waals surface area (Å²) >= 11 is 2.72. The summed E-state index contributed by atoms with van der Waals surface area (Å²) in [6.45, 7) is 5.83. The van der Waals surface area contributed by atoms with Gasteiger partial charge in [0.15, 0.2) is 11.7 Å². The zero-order chi connectivity index (χ0) is 19.0. The highest BCUT2D eigenvalue weighted by Gasteiger charge is 2.33. The molecule has 0 aliphatic heterocycles. The number of guanidine groups is 1. The van der Waals surface area contributed by atoms with Crippen LogP contribution in [0.2, 0.25) is 0 Å². The number of hydrogen-bond acceptors (Lipinski definition) is 5. The summed E-state index contributed by atoms with van der Waals surface area (Å²) in [5.74, 6) is 0.646. The van der Waals surface area contributed by atoms with E-state index in [1.54, 1.807) is 11.3 Å². The molecule has 0 fully saturated rings. The number of alkyl halides is 3. The first kappa shape index (κ1) is 20.6. The Labute approximate surface area is 158 Å². The highest BCUT2D eigenvalue weighted by molar-refractivity contribution is 7.11. The number of nitrogens with zero attached hydrogens (tertiary/aromatic N) is 3. The summed E-state index contributed by atoms with van der Waals surface area (Å²) < 4.78 is 37.6. The lowest BCUT2D eigenvalue weighted by Gasteiger charge is -2.10. The van der Waals surface area contributed by atoms with E-state index in [2.05, 4.69) is 32.5 Å². The second-order valence-electron chi connectivity index (χ2n) is 5.39. The van der Waals surface area contributed by atoms with Crippen molar-refractivity contribution in [2.24, 2.45) is 4.99 Å². The summed E-state index contributed by atoms with van der Waals surface area (Å²) in [7, 11) is 0. The molecule has 0 radical (unpaired) electrons. The van der Waals surface area contributed by atoms with Crippen LogP contribution in [0.25, 0.3) is 0 Å². The Morgan fingerprint density at radius 2 is 2.00 bits per heavy atom. The Bertz CT molecular complexity index is 709. The number of aliphatic imine (C=N–C) groups is 1. The van der Waals surface area contributed by atoms with E-state index in [-0.39, 0.29) is 0 Å². The predicted molar refractivity (Wildman–Crippen MR) is 100.0 cm³/mol. The number of nitrogens with one attached hydrogen (secondary N) is 2. The van der Waals surface area contributed by atoms with Crippen molar-refractivity contribution in [2.75, 3.05) is 19.6 Å². The van der Waals surface area contributed by atoms with E-state index in [1.165, 1.54) is 4.88 Å². The first-order valence-electron chi connectivity index (χ1n) is 8.39. The van der Waals surface area contributed by atoms with Gasteiger partial charge in [-0.05, 0) is 13.3 Å². The van der Waals surface area contributed by atoms with Crippen molar-refractivity contribution in [3.8, 4) is 0 Å². The molecule has 2 aromatic rings. The number of aromatic nitrogens is 2. The minimum absolute atomic E-state index is 0.372. The van der Waals surface area contributed by atoms with Gasteiger partial charge in [-0.25, -0.2) is 9.97 Å². The predicted octanol–water partition coefficient (Wildman–Crippen LogP) is 3.52. The fourth-order valence-electron chi connectivity index (χ4n) is 2.08. The molecule has 2 rings (SSSR count). The van der Waals surface area contributed by atoms with E-state index in [0.717, 1.165) is 34.6 Å². The topological polar surface area (TPSA) is 62.2 Å². The maximum atomic E-state index is 12.5. The molecule has 2 heterocycles. The zero-order valence-electron chi connectivity index (χ0n) is 14.7. The number of hydrogen-bond donors (Lipinski definition) is 2. The average molecular weight is 406 g/mol. The fraction of sp³-hybridized carbons (Fsp3) is 0.562. The van der Waals surface area contributed by atoms with Crippen LogP contribution in [-0.4, -0.2) is 35.6 Å². The number of thiazole rings is 2. The number of rotatable bonds is 8. The normalized spacial score (nSPS) is 12.4. The van der Waals surface area contributed by atoms with Gasteiger partial charge in [0.1, 0.15) is 0 Å². The standard InChI is InChI=1S/C16H22F3N5S2/c1-3-11-9-23-13(26-11)5-7-21-15(20-4-2)22-8-6-14-24-12(10-25-14)16(17,18)19/h9-10H,3-8H2,1-2H3,(H2,20,21,22). The summed E-state index contributed by atoms with van der Waals surface area (Å²) in [6.07, 6.45) is -0.313. The maximum absolute atomic E-state index is 12.5. The van der Waals surface area contributed by atoms with Crippen LogP contribution in [0.4, 0.5) is 13.2 Å². The Balaban J connectivity index is 1.81. The molecule has 0 atom stereocenters. The van der Waals surface area contributed by atoms with E-state index in [1.807, 2.05) is 13.1 Å². The SMILES string of the molecule is CCNC(=NCCc1nc(C(F)(F)F)cs1)NCCc1ncc(CC)s1. The molecular weight excluding hydrogens is 383 g/mol. The smallest absolute Gasteiger partial charge is 0.357 e. The molecule has 0 bridgehead atoms. The first-order chi connectivity index (χ1) is 12.4. The third-order valence-corrected chi connectivity index (χ3v) is 5.47. The zero-order valence-corrected chi connectivity index (χ0v) is 16.3. The molecule has 0 amide bonds. The molecule has 144 valence electrons. The van der Waals surface area contributed by atoms with Crippen molar-refractivity contribution >= 4 is 28.6 Å². The van der Waals surface area contributed by atoms with Crippen molar-refractivity contribution < 1.29 is 13.2 Å². The molecule has 0 saturated heterocycles. The van der Waals surface area contributed by atoms with Crippen molar-refractivity contribution in [1.29, 1.82) is 0 Å². The highest BCUT2D eigenvalue weighted by atomic mass is 32.1. The molecule has 2 N–H and O–H groups in total. The molecular formula is C16H22F3N5S2. The van der Waals surface area contributed by atoms with Crippen molar-refractivity contribution in [1.82, 2.24) is 20.6 Å². The molecule has 0 spiro atoms. The third-order valence-electron chi connectivity index (χ3n) is 3.36. The van der Waals surface area contributed by atoms with Crippen LogP contribution in [0.1, 0.15) is 34.4 Å². The van der Waals surface area contributed by atoms with Crippen LogP contribution >= 0.6 is 22.7 Å². The van der Waals surface area contributed by atoms with Gasteiger partial charge in [-0.3, -0.25) is 4.99 Å². The monoisotopic (exact) mass is 405 g/mol. The molecule has 10 heteroatoms. The second kappa shape index (κ2) is 9.86. The van der Waals surface area contributed by atoms with Crippen LogP contribution in [0, 0.1) is 0 Å².